The number of hydrogen-bond acceptors (Lipinski definition) is 7. The number of amidine groups is 1. The molecule has 2 amide bonds. The van der Waals surface area contributed by atoms with E-state index in [1.807, 2.05) is 68.4 Å². The van der Waals surface area contributed by atoms with Gasteiger partial charge in [-0.25, -0.2) is 0 Å². The molecule has 40 heavy (non-hydrogen) atoms. The first-order valence-corrected chi connectivity index (χ1v) is 13.8. The molecule has 0 bridgehead atoms. The molecule has 0 radical (unpaired) electrons. The van der Waals surface area contributed by atoms with Crippen LogP contribution in [0.25, 0.3) is 11.3 Å². The number of aliphatic imine (C=N–C) groups is 1. The molecule has 5 rings (SSSR count). The lowest BCUT2D eigenvalue weighted by Crippen LogP contribution is -2.40. The van der Waals surface area contributed by atoms with E-state index in [2.05, 4.69) is 4.99 Å². The summed E-state index contributed by atoms with van der Waals surface area (Å²) in [7, 11) is 0. The molecule has 1 saturated heterocycles. The standard InChI is InChI=1S/C30H31N5O4S/c1-18(31)40-29(32)34-28(37)30(2,3)26-21-6-4-5-7-24(21)39-25-16-23(33-17-22(25)26)19-8-10-20(11-9-19)27(36)35-12-14-38-15-13-35/h4-11,16-17,26,31H,12-15H2,1-3H3,(H2,32,34,37). The molecule has 1 aromatic heterocycles. The number of aromatic nitrogens is 1. The van der Waals surface area contributed by atoms with Gasteiger partial charge in [-0.2, -0.15) is 4.99 Å². The highest BCUT2D eigenvalue weighted by Gasteiger charge is 2.44. The Kier molecular flexibility index (Phi) is 7.73. The van der Waals surface area contributed by atoms with Crippen LogP contribution in [0.5, 0.6) is 11.5 Å². The Morgan fingerprint density at radius 3 is 2.48 bits per heavy atom. The van der Waals surface area contributed by atoms with Gasteiger partial charge >= 0.3 is 0 Å². The summed E-state index contributed by atoms with van der Waals surface area (Å²) in [6.07, 6.45) is 1.75. The minimum Gasteiger partial charge on any atom is -0.457 e. The summed E-state index contributed by atoms with van der Waals surface area (Å²) in [5.74, 6) is 0.463. The Morgan fingerprint density at radius 1 is 1.07 bits per heavy atom. The van der Waals surface area contributed by atoms with Crippen molar-refractivity contribution < 1.29 is 19.1 Å². The molecule has 2 aliphatic rings. The summed E-state index contributed by atoms with van der Waals surface area (Å²) in [5.41, 5.74) is 8.72. The third-order valence-corrected chi connectivity index (χ3v) is 7.73. The molecule has 0 spiro atoms. The van der Waals surface area contributed by atoms with Gasteiger partial charge in [0.1, 0.15) is 11.5 Å². The van der Waals surface area contributed by atoms with Crippen LogP contribution in [-0.2, 0) is 9.53 Å². The fraction of sp³-hybridized carbons (Fsp3) is 0.300. The molecule has 1 atom stereocenters. The minimum absolute atomic E-state index is 0.0135. The number of carbonyl (C=O) groups is 2. The summed E-state index contributed by atoms with van der Waals surface area (Å²) >= 11 is 0.951. The smallest absolute Gasteiger partial charge is 0.254 e. The van der Waals surface area contributed by atoms with Crippen LogP contribution in [0.1, 0.15) is 48.2 Å². The second-order valence-corrected chi connectivity index (χ2v) is 11.5. The molecule has 1 unspecified atom stereocenters. The number of rotatable bonds is 4. The number of pyridine rings is 1. The van der Waals surface area contributed by atoms with E-state index in [-0.39, 0.29) is 16.1 Å². The number of thioether (sulfide) groups is 1. The second-order valence-electron chi connectivity index (χ2n) is 10.3. The maximum absolute atomic E-state index is 13.4. The van der Waals surface area contributed by atoms with Crippen molar-refractivity contribution in [3.8, 4) is 22.8 Å². The number of amides is 2. The Bertz CT molecular complexity index is 1500. The van der Waals surface area contributed by atoms with Gasteiger partial charge < -0.3 is 20.1 Å². The maximum Gasteiger partial charge on any atom is 0.254 e. The largest absolute Gasteiger partial charge is 0.457 e. The zero-order valence-electron chi connectivity index (χ0n) is 22.6. The number of morpholine rings is 1. The third kappa shape index (κ3) is 5.50. The predicted octanol–water partition coefficient (Wildman–Crippen LogP) is 5.06. The van der Waals surface area contributed by atoms with Crippen molar-refractivity contribution in [1.82, 2.24) is 9.88 Å². The summed E-state index contributed by atoms with van der Waals surface area (Å²) < 4.78 is 11.7. The van der Waals surface area contributed by atoms with Gasteiger partial charge in [0, 0.05) is 53.5 Å². The number of nitrogens with two attached hydrogens (primary N) is 1. The highest BCUT2D eigenvalue weighted by atomic mass is 32.2. The molecule has 9 nitrogen and oxygen atoms in total. The van der Waals surface area contributed by atoms with Gasteiger partial charge in [-0.3, -0.25) is 20.0 Å². The van der Waals surface area contributed by atoms with Crippen molar-refractivity contribution in [3.05, 3.63) is 77.5 Å². The molecule has 206 valence electrons. The van der Waals surface area contributed by atoms with E-state index in [0.29, 0.717) is 49.1 Å². The zero-order chi connectivity index (χ0) is 28.4. The van der Waals surface area contributed by atoms with Gasteiger partial charge in [0.2, 0.25) is 0 Å². The van der Waals surface area contributed by atoms with Crippen LogP contribution in [0.2, 0.25) is 0 Å². The molecule has 0 saturated carbocycles. The lowest BCUT2D eigenvalue weighted by molar-refractivity contribution is -0.126. The zero-order valence-corrected chi connectivity index (χ0v) is 23.5. The van der Waals surface area contributed by atoms with Crippen LogP contribution in [0.4, 0.5) is 0 Å². The Morgan fingerprint density at radius 2 is 1.77 bits per heavy atom. The number of nitrogens with zero attached hydrogens (tertiary/aromatic N) is 3. The highest BCUT2D eigenvalue weighted by Crippen LogP contribution is 2.52. The number of ether oxygens (including phenoxy) is 2. The first-order chi connectivity index (χ1) is 19.1. The first-order valence-electron chi connectivity index (χ1n) is 13.0. The molecule has 2 aromatic carbocycles. The van der Waals surface area contributed by atoms with Gasteiger partial charge in [0.25, 0.3) is 11.8 Å². The van der Waals surface area contributed by atoms with E-state index in [4.69, 9.17) is 25.6 Å². The number of nitrogens with one attached hydrogen (secondary N) is 1. The average molecular weight is 558 g/mol. The number of fused-ring (bicyclic) bond motifs is 2. The SMILES string of the molecule is CC(=N)SC(N)=NC(=O)C(C)(C)C1c2ccccc2Oc2cc(-c3ccc(C(=O)N4CCOCC4)cc3)ncc21. The van der Waals surface area contributed by atoms with E-state index in [1.54, 1.807) is 18.0 Å². The number of carbonyl (C=O) groups excluding carboxylic acids is 2. The number of para-hydroxylation sites is 1. The maximum atomic E-state index is 13.4. The van der Waals surface area contributed by atoms with Gasteiger partial charge in [-0.05, 0) is 36.9 Å². The van der Waals surface area contributed by atoms with Crippen molar-refractivity contribution in [2.45, 2.75) is 26.7 Å². The Labute approximate surface area is 237 Å². The van der Waals surface area contributed by atoms with E-state index in [9.17, 15) is 9.59 Å². The fourth-order valence-electron chi connectivity index (χ4n) is 5.07. The number of benzene rings is 2. The van der Waals surface area contributed by atoms with Crippen molar-refractivity contribution in [3.63, 3.8) is 0 Å². The molecule has 3 heterocycles. The fourth-order valence-corrected chi connectivity index (χ4v) is 5.51. The van der Waals surface area contributed by atoms with E-state index in [1.165, 1.54) is 0 Å². The van der Waals surface area contributed by atoms with E-state index < -0.39 is 17.2 Å². The number of hydrogen-bond donors (Lipinski definition) is 2. The van der Waals surface area contributed by atoms with Gasteiger partial charge in [0.15, 0.2) is 5.17 Å². The topological polar surface area (TPSA) is 131 Å². The molecule has 3 aromatic rings. The van der Waals surface area contributed by atoms with Crippen LogP contribution in [0, 0.1) is 10.8 Å². The normalized spacial score (nSPS) is 16.9. The van der Waals surface area contributed by atoms with Crippen molar-refractivity contribution in [2.75, 3.05) is 26.3 Å². The molecule has 0 aliphatic carbocycles. The quantitative estimate of drug-likeness (QED) is 0.339. The predicted molar refractivity (Wildman–Crippen MR) is 156 cm³/mol. The minimum atomic E-state index is -0.986. The van der Waals surface area contributed by atoms with Crippen LogP contribution in [0.3, 0.4) is 0 Å². The van der Waals surface area contributed by atoms with Gasteiger partial charge in [-0.15, -0.1) is 0 Å². The van der Waals surface area contributed by atoms with Crippen molar-refractivity contribution in [2.24, 2.45) is 16.1 Å². The average Bonchev–Trinajstić information content (AvgIpc) is 2.95. The Balaban J connectivity index is 1.47. The summed E-state index contributed by atoms with van der Waals surface area (Å²) in [5, 5.41) is 7.92. The monoisotopic (exact) mass is 557 g/mol. The lowest BCUT2D eigenvalue weighted by Gasteiger charge is -2.37. The molecule has 3 N–H and O–H groups in total. The summed E-state index contributed by atoms with van der Waals surface area (Å²) in [6, 6.07) is 16.9. The third-order valence-electron chi connectivity index (χ3n) is 7.12. The molecule has 2 aliphatic heterocycles. The van der Waals surface area contributed by atoms with E-state index in [0.717, 1.165) is 28.5 Å². The highest BCUT2D eigenvalue weighted by molar-refractivity contribution is 8.26. The van der Waals surface area contributed by atoms with Crippen LogP contribution < -0.4 is 10.5 Å². The Hall–Kier alpha value is -4.02. The van der Waals surface area contributed by atoms with Crippen LogP contribution >= 0.6 is 11.8 Å². The summed E-state index contributed by atoms with van der Waals surface area (Å²) in [6.45, 7) is 7.54. The van der Waals surface area contributed by atoms with Gasteiger partial charge in [0.05, 0.1) is 29.4 Å². The molecular weight excluding hydrogens is 526 g/mol. The second kappa shape index (κ2) is 11.2. The van der Waals surface area contributed by atoms with Crippen molar-refractivity contribution >= 4 is 33.8 Å². The first kappa shape index (κ1) is 27.5. The molecular formula is C30H31N5O4S. The molecule has 1 fully saturated rings. The van der Waals surface area contributed by atoms with Crippen LogP contribution in [-0.4, -0.2) is 58.2 Å². The van der Waals surface area contributed by atoms with Crippen LogP contribution in [0.15, 0.2) is 65.8 Å². The van der Waals surface area contributed by atoms with Crippen molar-refractivity contribution in [1.29, 1.82) is 5.41 Å². The lowest BCUT2D eigenvalue weighted by atomic mass is 9.69. The van der Waals surface area contributed by atoms with E-state index >= 15 is 0 Å². The molecule has 10 heteroatoms. The summed E-state index contributed by atoms with van der Waals surface area (Å²) in [4.78, 5) is 36.9. The van der Waals surface area contributed by atoms with Gasteiger partial charge in [-0.1, -0.05) is 44.2 Å².